The van der Waals surface area contributed by atoms with Crippen molar-refractivity contribution in [1.29, 1.82) is 0 Å². The van der Waals surface area contributed by atoms with Gasteiger partial charge in [-0.15, -0.1) is 0 Å². The molecule has 0 saturated carbocycles. The molecular formula is C20H33N3O3. The molecule has 146 valence electrons. The Morgan fingerprint density at radius 3 is 2.42 bits per heavy atom. The van der Waals surface area contributed by atoms with Gasteiger partial charge in [0.1, 0.15) is 0 Å². The minimum absolute atomic E-state index is 0.0128. The fraction of sp³-hybridized carbons (Fsp3) is 0.650. The van der Waals surface area contributed by atoms with Crippen molar-refractivity contribution < 1.29 is 14.3 Å². The lowest BCUT2D eigenvalue weighted by molar-refractivity contribution is 0.0960. The number of carbonyl (C=O) groups is 1. The minimum Gasteiger partial charge on any atom is -0.493 e. The Morgan fingerprint density at radius 1 is 1.08 bits per heavy atom. The first kappa shape index (κ1) is 20.4. The van der Waals surface area contributed by atoms with Crippen LogP contribution in [0.2, 0.25) is 0 Å². The van der Waals surface area contributed by atoms with Crippen molar-refractivity contribution in [2.24, 2.45) is 0 Å². The van der Waals surface area contributed by atoms with Crippen LogP contribution in [-0.4, -0.2) is 56.9 Å². The van der Waals surface area contributed by atoms with Crippen molar-refractivity contribution in [1.82, 2.24) is 15.5 Å². The summed E-state index contributed by atoms with van der Waals surface area (Å²) in [7, 11) is 3.24. The average molecular weight is 364 g/mol. The molecule has 2 rings (SSSR count). The predicted octanol–water partition coefficient (Wildman–Crippen LogP) is 2.81. The van der Waals surface area contributed by atoms with Gasteiger partial charge in [-0.25, -0.2) is 4.79 Å². The quantitative estimate of drug-likeness (QED) is 0.745. The summed E-state index contributed by atoms with van der Waals surface area (Å²) in [5.41, 5.74) is 1.08. The third kappa shape index (κ3) is 5.80. The minimum atomic E-state index is -0.115. The molecule has 2 N–H and O–H groups in total. The molecule has 1 aliphatic rings. The SMILES string of the molecule is COc1ccc(CCNC(=O)NCC(C)(C)N2CCCCC2)cc1OC. The number of hydrogen-bond acceptors (Lipinski definition) is 4. The first-order chi connectivity index (χ1) is 12.5. The first-order valence-corrected chi connectivity index (χ1v) is 9.44. The van der Waals surface area contributed by atoms with Gasteiger partial charge in [0.05, 0.1) is 14.2 Å². The number of nitrogens with one attached hydrogen (secondary N) is 2. The van der Waals surface area contributed by atoms with E-state index in [9.17, 15) is 4.79 Å². The molecule has 0 atom stereocenters. The van der Waals surface area contributed by atoms with Crippen LogP contribution in [0.25, 0.3) is 0 Å². The van der Waals surface area contributed by atoms with Crippen LogP contribution in [0, 0.1) is 0 Å². The summed E-state index contributed by atoms with van der Waals surface area (Å²) in [4.78, 5) is 14.6. The lowest BCUT2D eigenvalue weighted by atomic mass is 9.98. The van der Waals surface area contributed by atoms with E-state index in [1.807, 2.05) is 18.2 Å². The Bertz CT molecular complexity index is 584. The number of nitrogens with zero attached hydrogens (tertiary/aromatic N) is 1. The highest BCUT2D eigenvalue weighted by Crippen LogP contribution is 2.27. The van der Waals surface area contributed by atoms with Gasteiger partial charge in [0.15, 0.2) is 11.5 Å². The monoisotopic (exact) mass is 363 g/mol. The second kappa shape index (κ2) is 9.67. The molecule has 6 heteroatoms. The highest BCUT2D eigenvalue weighted by atomic mass is 16.5. The molecule has 1 aromatic rings. The van der Waals surface area contributed by atoms with Crippen molar-refractivity contribution in [2.45, 2.75) is 45.1 Å². The maximum absolute atomic E-state index is 12.1. The number of piperidine rings is 1. The number of benzene rings is 1. The first-order valence-electron chi connectivity index (χ1n) is 9.44. The lowest BCUT2D eigenvalue weighted by Crippen LogP contribution is -2.54. The van der Waals surface area contributed by atoms with Crippen LogP contribution in [0.3, 0.4) is 0 Å². The van der Waals surface area contributed by atoms with Gasteiger partial charge in [0, 0.05) is 18.6 Å². The number of amides is 2. The van der Waals surface area contributed by atoms with E-state index in [4.69, 9.17) is 9.47 Å². The van der Waals surface area contributed by atoms with Crippen molar-refractivity contribution in [3.8, 4) is 11.5 Å². The van der Waals surface area contributed by atoms with Gasteiger partial charge >= 0.3 is 6.03 Å². The summed E-state index contributed by atoms with van der Waals surface area (Å²) in [6.45, 7) is 7.86. The number of carbonyl (C=O) groups excluding carboxylic acids is 1. The van der Waals surface area contributed by atoms with Crippen molar-refractivity contribution in [2.75, 3.05) is 40.4 Å². The zero-order chi connectivity index (χ0) is 19.0. The topological polar surface area (TPSA) is 62.8 Å². The Balaban J connectivity index is 1.73. The van der Waals surface area contributed by atoms with E-state index in [1.165, 1.54) is 19.3 Å². The second-order valence-corrected chi connectivity index (χ2v) is 7.41. The van der Waals surface area contributed by atoms with E-state index in [0.717, 1.165) is 25.1 Å². The molecule has 0 radical (unpaired) electrons. The summed E-state index contributed by atoms with van der Waals surface area (Å²) in [5, 5.41) is 5.94. The van der Waals surface area contributed by atoms with Crippen LogP contribution in [0.1, 0.15) is 38.7 Å². The van der Waals surface area contributed by atoms with Crippen LogP contribution in [0.5, 0.6) is 11.5 Å². The molecule has 0 aromatic heterocycles. The van der Waals surface area contributed by atoms with Gasteiger partial charge in [-0.3, -0.25) is 4.90 Å². The van der Waals surface area contributed by atoms with Gasteiger partial charge in [-0.05, 0) is 63.9 Å². The molecule has 0 aliphatic carbocycles. The van der Waals surface area contributed by atoms with Crippen LogP contribution in [-0.2, 0) is 6.42 Å². The average Bonchev–Trinajstić information content (AvgIpc) is 2.67. The van der Waals surface area contributed by atoms with Gasteiger partial charge in [-0.1, -0.05) is 12.5 Å². The Morgan fingerprint density at radius 2 is 1.77 bits per heavy atom. The Hall–Kier alpha value is -1.95. The zero-order valence-electron chi connectivity index (χ0n) is 16.6. The fourth-order valence-corrected chi connectivity index (χ4v) is 3.33. The van der Waals surface area contributed by atoms with E-state index in [1.54, 1.807) is 14.2 Å². The van der Waals surface area contributed by atoms with Gasteiger partial charge in [-0.2, -0.15) is 0 Å². The van der Waals surface area contributed by atoms with Crippen LogP contribution < -0.4 is 20.1 Å². The molecule has 1 aromatic carbocycles. The van der Waals surface area contributed by atoms with Crippen LogP contribution in [0.4, 0.5) is 4.79 Å². The molecule has 0 bridgehead atoms. The number of hydrogen-bond donors (Lipinski definition) is 2. The number of methoxy groups -OCH3 is 2. The molecule has 1 heterocycles. The normalized spacial score (nSPS) is 15.4. The number of rotatable bonds is 8. The summed E-state index contributed by atoms with van der Waals surface area (Å²) in [5.74, 6) is 1.42. The lowest BCUT2D eigenvalue weighted by Gasteiger charge is -2.41. The molecule has 2 amide bonds. The van der Waals surface area contributed by atoms with Crippen LogP contribution in [0.15, 0.2) is 18.2 Å². The summed E-state index contributed by atoms with van der Waals surface area (Å²) >= 11 is 0. The molecule has 0 spiro atoms. The third-order valence-corrected chi connectivity index (χ3v) is 5.04. The highest BCUT2D eigenvalue weighted by Gasteiger charge is 2.28. The van der Waals surface area contributed by atoms with Crippen LogP contribution >= 0.6 is 0 Å². The molecule has 1 fully saturated rings. The second-order valence-electron chi connectivity index (χ2n) is 7.41. The molecule has 1 aliphatic heterocycles. The molecular weight excluding hydrogens is 330 g/mol. The molecule has 0 unspecified atom stereocenters. The largest absolute Gasteiger partial charge is 0.493 e. The number of urea groups is 1. The highest BCUT2D eigenvalue weighted by molar-refractivity contribution is 5.73. The van der Waals surface area contributed by atoms with Crippen molar-refractivity contribution >= 4 is 6.03 Å². The third-order valence-electron chi connectivity index (χ3n) is 5.04. The maximum atomic E-state index is 12.1. The smallest absolute Gasteiger partial charge is 0.314 e. The zero-order valence-corrected chi connectivity index (χ0v) is 16.6. The summed E-state index contributed by atoms with van der Waals surface area (Å²) in [6, 6.07) is 5.70. The van der Waals surface area contributed by atoms with Gasteiger partial charge in [0.25, 0.3) is 0 Å². The molecule has 6 nitrogen and oxygen atoms in total. The Kier molecular flexibility index (Phi) is 7.57. The van der Waals surface area contributed by atoms with Gasteiger partial charge < -0.3 is 20.1 Å². The molecule has 1 saturated heterocycles. The predicted molar refractivity (Wildman–Crippen MR) is 104 cm³/mol. The van der Waals surface area contributed by atoms with E-state index in [-0.39, 0.29) is 11.6 Å². The van der Waals surface area contributed by atoms with Crippen molar-refractivity contribution in [3.63, 3.8) is 0 Å². The van der Waals surface area contributed by atoms with E-state index in [0.29, 0.717) is 24.6 Å². The fourth-order valence-electron chi connectivity index (χ4n) is 3.33. The summed E-state index contributed by atoms with van der Waals surface area (Å²) in [6.07, 6.45) is 4.56. The van der Waals surface area contributed by atoms with Gasteiger partial charge in [0.2, 0.25) is 0 Å². The summed E-state index contributed by atoms with van der Waals surface area (Å²) < 4.78 is 10.5. The molecule has 26 heavy (non-hydrogen) atoms. The standard InChI is InChI=1S/C20H33N3O3/c1-20(2,23-12-6-5-7-13-23)15-22-19(24)21-11-10-16-8-9-17(25-3)18(14-16)26-4/h8-9,14H,5-7,10-13,15H2,1-4H3,(H2,21,22,24). The van der Waals surface area contributed by atoms with E-state index < -0.39 is 0 Å². The Labute approximate surface area is 157 Å². The van der Waals surface area contributed by atoms with Crippen molar-refractivity contribution in [3.05, 3.63) is 23.8 Å². The number of ether oxygens (including phenoxy) is 2. The maximum Gasteiger partial charge on any atom is 0.314 e. The van der Waals surface area contributed by atoms with E-state index >= 15 is 0 Å². The number of likely N-dealkylation sites (tertiary alicyclic amines) is 1. The van der Waals surface area contributed by atoms with E-state index in [2.05, 4.69) is 29.4 Å².